The number of amidine groups is 1. The molecule has 0 bridgehead atoms. The third-order valence-electron chi connectivity index (χ3n) is 6.67. The molecule has 2 N–H and O–H groups in total. The Morgan fingerprint density at radius 3 is 2.83 bits per heavy atom. The molecule has 1 amide bonds. The second-order valence-corrected chi connectivity index (χ2v) is 9.76. The Labute approximate surface area is 182 Å². The van der Waals surface area contributed by atoms with E-state index in [0.717, 1.165) is 36.9 Å². The summed E-state index contributed by atoms with van der Waals surface area (Å²) in [7, 11) is 0. The molecule has 7 nitrogen and oxygen atoms in total. The third-order valence-corrected chi connectivity index (χ3v) is 7.62. The number of nitrogens with zero attached hydrogens (tertiary/aromatic N) is 4. The average molecular weight is 427 g/mol. The number of rotatable bonds is 4. The summed E-state index contributed by atoms with van der Waals surface area (Å²) in [4.78, 5) is 16.7. The predicted molar refractivity (Wildman–Crippen MR) is 121 cm³/mol. The predicted octanol–water partition coefficient (Wildman–Crippen LogP) is 2.31. The number of carbonyl (C=O) groups excluding carboxylic acids is 1. The van der Waals surface area contributed by atoms with Gasteiger partial charge in [-0.3, -0.25) is 10.2 Å². The zero-order valence-corrected chi connectivity index (χ0v) is 18.5. The lowest BCUT2D eigenvalue weighted by molar-refractivity contribution is -0.130. The molecule has 1 aromatic carbocycles. The minimum atomic E-state index is 0.107. The van der Waals surface area contributed by atoms with Gasteiger partial charge in [-0.2, -0.15) is 16.9 Å². The molecule has 0 aliphatic carbocycles. The van der Waals surface area contributed by atoms with Crippen LogP contribution >= 0.6 is 11.8 Å². The average Bonchev–Trinajstić information content (AvgIpc) is 3.38. The zero-order valence-electron chi connectivity index (χ0n) is 17.7. The number of benzene rings is 1. The van der Waals surface area contributed by atoms with Gasteiger partial charge in [0.15, 0.2) is 0 Å². The lowest BCUT2D eigenvalue weighted by Gasteiger charge is -2.37. The Morgan fingerprint density at radius 1 is 1.20 bits per heavy atom. The summed E-state index contributed by atoms with van der Waals surface area (Å²) in [6, 6.07) is 7.32. The first-order valence-corrected chi connectivity index (χ1v) is 12.0. The van der Waals surface area contributed by atoms with Crippen LogP contribution in [0.2, 0.25) is 0 Å². The highest BCUT2D eigenvalue weighted by atomic mass is 32.2. The number of hydrazone groups is 1. The number of hydrogen-bond donors (Lipinski definition) is 2. The smallest absolute Gasteiger partial charge is 0.223 e. The fraction of sp³-hybridized carbons (Fsp3) is 0.545. The first kappa shape index (κ1) is 19.8. The largest absolute Gasteiger partial charge is 0.341 e. The van der Waals surface area contributed by atoms with Crippen LogP contribution in [-0.2, 0) is 4.79 Å². The second-order valence-electron chi connectivity index (χ2n) is 8.54. The monoisotopic (exact) mass is 426 g/mol. The van der Waals surface area contributed by atoms with E-state index in [4.69, 9.17) is 0 Å². The summed E-state index contributed by atoms with van der Waals surface area (Å²) >= 11 is 1.93. The zero-order chi connectivity index (χ0) is 20.7. The van der Waals surface area contributed by atoms with Gasteiger partial charge in [0.1, 0.15) is 12.0 Å². The fourth-order valence-electron chi connectivity index (χ4n) is 4.70. The summed E-state index contributed by atoms with van der Waals surface area (Å²) in [6.07, 6.45) is 6.51. The Bertz CT molecular complexity index is 880. The molecule has 2 fully saturated rings. The highest BCUT2D eigenvalue weighted by Gasteiger charge is 2.44. The van der Waals surface area contributed by atoms with Crippen LogP contribution in [0.15, 0.2) is 35.7 Å². The van der Waals surface area contributed by atoms with Crippen LogP contribution in [0, 0.1) is 13.8 Å². The van der Waals surface area contributed by atoms with E-state index in [2.05, 4.69) is 70.3 Å². The molecule has 4 aliphatic heterocycles. The van der Waals surface area contributed by atoms with Crippen LogP contribution in [0.3, 0.4) is 0 Å². The number of nitrogens with one attached hydrogen (secondary N) is 2. The van der Waals surface area contributed by atoms with Crippen LogP contribution < -0.4 is 10.9 Å². The minimum absolute atomic E-state index is 0.107. The number of hydrazine groups is 1. The van der Waals surface area contributed by atoms with Gasteiger partial charge in [-0.05, 0) is 37.0 Å². The molecule has 30 heavy (non-hydrogen) atoms. The van der Waals surface area contributed by atoms with Gasteiger partial charge in [-0.25, -0.2) is 5.43 Å². The van der Waals surface area contributed by atoms with Gasteiger partial charge in [0, 0.05) is 49.8 Å². The van der Waals surface area contributed by atoms with Crippen LogP contribution in [0.1, 0.15) is 42.0 Å². The molecule has 0 aromatic heterocycles. The molecule has 2 saturated heterocycles. The molecule has 1 aromatic rings. The number of hydrogen-bond acceptors (Lipinski definition) is 7. The SMILES string of the molecule is Cc1ccc(C2CC3C4NN=C(CCC(=O)N5CCSCC5)N4C=CN3N2)cc1C. The summed E-state index contributed by atoms with van der Waals surface area (Å²) in [5, 5.41) is 6.80. The lowest BCUT2D eigenvalue weighted by Crippen LogP contribution is -2.54. The van der Waals surface area contributed by atoms with E-state index in [9.17, 15) is 4.79 Å². The van der Waals surface area contributed by atoms with Crippen molar-refractivity contribution in [2.24, 2.45) is 5.10 Å². The van der Waals surface area contributed by atoms with Crippen molar-refractivity contribution < 1.29 is 4.79 Å². The number of fused-ring (bicyclic) bond motifs is 3. The fourth-order valence-corrected chi connectivity index (χ4v) is 5.60. The van der Waals surface area contributed by atoms with Gasteiger partial charge in [0.25, 0.3) is 0 Å². The molecule has 5 rings (SSSR count). The highest BCUT2D eigenvalue weighted by Crippen LogP contribution is 2.34. The van der Waals surface area contributed by atoms with E-state index in [0.29, 0.717) is 18.9 Å². The summed E-state index contributed by atoms with van der Waals surface area (Å²) < 4.78 is 0. The van der Waals surface area contributed by atoms with Gasteiger partial charge in [-0.15, -0.1) is 0 Å². The summed E-state index contributed by atoms with van der Waals surface area (Å²) in [6.45, 7) is 6.08. The maximum atomic E-state index is 12.5. The molecule has 3 atom stereocenters. The Balaban J connectivity index is 1.21. The summed E-state index contributed by atoms with van der Waals surface area (Å²) in [5.41, 5.74) is 11.0. The van der Waals surface area contributed by atoms with Crippen molar-refractivity contribution in [3.05, 3.63) is 47.3 Å². The van der Waals surface area contributed by atoms with Crippen molar-refractivity contribution >= 4 is 23.5 Å². The van der Waals surface area contributed by atoms with Crippen molar-refractivity contribution in [3.8, 4) is 0 Å². The quantitative estimate of drug-likeness (QED) is 0.771. The van der Waals surface area contributed by atoms with E-state index in [-0.39, 0.29) is 18.1 Å². The van der Waals surface area contributed by atoms with Crippen molar-refractivity contribution in [1.29, 1.82) is 0 Å². The van der Waals surface area contributed by atoms with Crippen LogP contribution in [0.5, 0.6) is 0 Å². The topological polar surface area (TPSA) is 63.2 Å². The maximum absolute atomic E-state index is 12.5. The summed E-state index contributed by atoms with van der Waals surface area (Å²) in [5.74, 6) is 3.32. The number of carbonyl (C=O) groups is 1. The highest BCUT2D eigenvalue weighted by molar-refractivity contribution is 7.99. The van der Waals surface area contributed by atoms with E-state index in [1.165, 1.54) is 16.7 Å². The molecule has 160 valence electrons. The minimum Gasteiger partial charge on any atom is -0.341 e. The van der Waals surface area contributed by atoms with Crippen LogP contribution in [0.25, 0.3) is 0 Å². The molecule has 4 aliphatic rings. The molecule has 0 radical (unpaired) electrons. The molecular weight excluding hydrogens is 396 g/mol. The van der Waals surface area contributed by atoms with Crippen LogP contribution in [-0.4, -0.2) is 63.4 Å². The van der Waals surface area contributed by atoms with E-state index in [1.54, 1.807) is 0 Å². The Morgan fingerprint density at radius 2 is 2.03 bits per heavy atom. The van der Waals surface area contributed by atoms with Crippen LogP contribution in [0.4, 0.5) is 0 Å². The number of aryl methyl sites for hydroxylation is 2. The standard InChI is InChI=1S/C22H30N6OS/c1-15-3-4-17(13-16(15)2)18-14-19-22-24-23-20(27(22)7-8-28(19)25-18)5-6-21(29)26-9-11-30-12-10-26/h3-4,7-8,13,18-19,22,24-25H,5-6,9-12,14H2,1-2H3. The first-order valence-electron chi connectivity index (χ1n) is 10.9. The third kappa shape index (κ3) is 3.67. The van der Waals surface area contributed by atoms with E-state index >= 15 is 0 Å². The molecule has 8 heteroatoms. The Hall–Kier alpha value is -2.19. The lowest BCUT2D eigenvalue weighted by atomic mass is 9.97. The molecule has 3 unspecified atom stereocenters. The number of thioether (sulfide) groups is 1. The van der Waals surface area contributed by atoms with Gasteiger partial charge in [0.2, 0.25) is 5.91 Å². The van der Waals surface area contributed by atoms with Gasteiger partial charge in [-0.1, -0.05) is 18.2 Å². The normalized spacial score (nSPS) is 27.6. The molecule has 0 spiro atoms. The maximum Gasteiger partial charge on any atom is 0.223 e. The van der Waals surface area contributed by atoms with Gasteiger partial charge < -0.3 is 14.8 Å². The number of amides is 1. The Kier molecular flexibility index (Phi) is 5.37. The molecule has 4 heterocycles. The van der Waals surface area contributed by atoms with Crippen molar-refractivity contribution in [1.82, 2.24) is 25.7 Å². The van der Waals surface area contributed by atoms with Crippen molar-refractivity contribution in [2.45, 2.75) is 51.4 Å². The molecule has 0 saturated carbocycles. The van der Waals surface area contributed by atoms with Crippen molar-refractivity contribution in [3.63, 3.8) is 0 Å². The first-order chi connectivity index (χ1) is 14.6. The van der Waals surface area contributed by atoms with E-state index in [1.807, 2.05) is 16.7 Å². The van der Waals surface area contributed by atoms with E-state index < -0.39 is 0 Å². The van der Waals surface area contributed by atoms with Gasteiger partial charge >= 0.3 is 0 Å². The van der Waals surface area contributed by atoms with Crippen molar-refractivity contribution in [2.75, 3.05) is 24.6 Å². The molecular formula is C22H30N6OS. The second kappa shape index (κ2) is 8.15. The van der Waals surface area contributed by atoms with Gasteiger partial charge in [0.05, 0.1) is 12.1 Å².